The minimum atomic E-state index is -2.24. The Morgan fingerprint density at radius 3 is 2.36 bits per heavy atom. The second kappa shape index (κ2) is 10.3. The van der Waals surface area contributed by atoms with E-state index in [0.29, 0.717) is 24.8 Å². The molecule has 0 bridgehead atoms. The second-order valence-electron chi connectivity index (χ2n) is 11.1. The third kappa shape index (κ3) is 5.62. The smallest absolute Gasteiger partial charge is 0.303 e. The summed E-state index contributed by atoms with van der Waals surface area (Å²) in [6.07, 6.45) is 2.56. The molecule has 1 saturated carbocycles. The fourth-order valence-corrected chi connectivity index (χ4v) is 7.20. The number of nitrogens with one attached hydrogen (secondary N) is 1. The molecule has 2 aromatic carbocycles. The number of rotatable bonds is 8. The van der Waals surface area contributed by atoms with Gasteiger partial charge in [-0.15, -0.1) is 0 Å². The van der Waals surface area contributed by atoms with E-state index in [-0.39, 0.29) is 29.1 Å². The van der Waals surface area contributed by atoms with Crippen LogP contribution < -0.4 is 15.2 Å². The number of carbonyl (C=O) groups excluding carboxylic acids is 1. The molecule has 1 atom stereocenters. The molecule has 1 amide bonds. The third-order valence-electron chi connectivity index (χ3n) is 7.28. The molecule has 0 saturated heterocycles. The Morgan fingerprint density at radius 2 is 1.78 bits per heavy atom. The molecule has 194 valence electrons. The van der Waals surface area contributed by atoms with Crippen molar-refractivity contribution in [3.05, 3.63) is 53.1 Å². The molecule has 1 aliphatic heterocycles. The van der Waals surface area contributed by atoms with E-state index >= 15 is 0 Å². The molecule has 0 aromatic heterocycles. The fourth-order valence-electron chi connectivity index (χ4n) is 5.63. The molecule has 2 N–H and O–H groups in total. The quantitative estimate of drug-likeness (QED) is 0.503. The number of halogens is 2. The number of benzene rings is 2. The predicted octanol–water partition coefficient (Wildman–Crippen LogP) is 4.56. The summed E-state index contributed by atoms with van der Waals surface area (Å²) in [7, 11) is -0.641. The Bertz CT molecular complexity index is 1140. The molecule has 9 heteroatoms. The van der Waals surface area contributed by atoms with Crippen LogP contribution in [0.25, 0.3) is 0 Å². The summed E-state index contributed by atoms with van der Waals surface area (Å²) in [5.41, 5.74) is 1.96. The number of methoxy groups -OCH3 is 1. The molecule has 1 heterocycles. The molecule has 4 rings (SSSR count). The maximum atomic E-state index is 14.8. The Labute approximate surface area is 211 Å². The fraction of sp³-hybridized carbons (Fsp3) is 0.481. The molecule has 36 heavy (non-hydrogen) atoms. The van der Waals surface area contributed by atoms with Crippen LogP contribution in [-0.4, -0.2) is 50.2 Å². The van der Waals surface area contributed by atoms with Crippen molar-refractivity contribution in [1.29, 1.82) is 0 Å². The van der Waals surface area contributed by atoms with E-state index in [2.05, 4.69) is 10.2 Å². The van der Waals surface area contributed by atoms with Gasteiger partial charge in [0.05, 0.1) is 15.2 Å². The summed E-state index contributed by atoms with van der Waals surface area (Å²) in [5, 5.41) is 11.9. The summed E-state index contributed by atoms with van der Waals surface area (Å²) in [6, 6.07) is 7.42. The van der Waals surface area contributed by atoms with E-state index in [1.54, 1.807) is 7.11 Å². The highest BCUT2D eigenvalue weighted by atomic mass is 28.3. The molecular weight excluding hydrogens is 482 g/mol. The minimum absolute atomic E-state index is 0.0998. The summed E-state index contributed by atoms with van der Waals surface area (Å²) in [4.78, 5) is 26.7. The first-order valence-corrected chi connectivity index (χ1v) is 15.9. The standard InChI is InChI=1S/C27H34F2N2O4Si/c1-35-20-5-6-21-18(12-20)7-8-31(15-17-9-16(10-17)11-24(32)33)25(21)27(34)30-19-13-22(28)26(23(29)14-19)36(2,3)4/h5-6,12-14,16-17,25H,7-11,15H2,1-4H3,(H,30,34)(H,32,33)/t16?,17?,25-/m1/s1. The number of hydrogen-bond donors (Lipinski definition) is 2. The van der Waals surface area contributed by atoms with E-state index in [1.165, 1.54) is 12.1 Å². The van der Waals surface area contributed by atoms with Crippen molar-refractivity contribution in [2.45, 2.75) is 51.4 Å². The van der Waals surface area contributed by atoms with Gasteiger partial charge < -0.3 is 15.2 Å². The molecule has 0 spiro atoms. The molecule has 2 aromatic rings. The van der Waals surface area contributed by atoms with Crippen LogP contribution in [0.2, 0.25) is 19.6 Å². The van der Waals surface area contributed by atoms with Crippen LogP contribution in [0.1, 0.15) is 36.4 Å². The predicted molar refractivity (Wildman–Crippen MR) is 137 cm³/mol. The first-order valence-electron chi connectivity index (χ1n) is 12.4. The normalized spacial score (nSPS) is 21.9. The van der Waals surface area contributed by atoms with E-state index in [9.17, 15) is 18.4 Å². The van der Waals surface area contributed by atoms with Crippen LogP contribution in [0.15, 0.2) is 30.3 Å². The highest BCUT2D eigenvalue weighted by molar-refractivity contribution is 6.88. The van der Waals surface area contributed by atoms with E-state index in [1.807, 2.05) is 37.8 Å². The van der Waals surface area contributed by atoms with Gasteiger partial charge in [-0.25, -0.2) is 8.78 Å². The first-order chi connectivity index (χ1) is 17.0. The van der Waals surface area contributed by atoms with E-state index in [0.717, 1.165) is 30.4 Å². The van der Waals surface area contributed by atoms with Gasteiger partial charge in [0.25, 0.3) is 0 Å². The first kappa shape index (κ1) is 26.3. The Morgan fingerprint density at radius 1 is 1.11 bits per heavy atom. The van der Waals surface area contributed by atoms with Crippen LogP contribution in [-0.2, 0) is 16.0 Å². The monoisotopic (exact) mass is 516 g/mol. The molecular formula is C27H34F2N2O4Si. The summed E-state index contributed by atoms with van der Waals surface area (Å²) >= 11 is 0. The lowest BCUT2D eigenvalue weighted by Gasteiger charge is -2.42. The van der Waals surface area contributed by atoms with Crippen LogP contribution >= 0.6 is 0 Å². The van der Waals surface area contributed by atoms with Gasteiger partial charge in [0.15, 0.2) is 0 Å². The maximum absolute atomic E-state index is 14.8. The van der Waals surface area contributed by atoms with Crippen LogP contribution in [0.3, 0.4) is 0 Å². The molecule has 6 nitrogen and oxygen atoms in total. The van der Waals surface area contributed by atoms with Gasteiger partial charge >= 0.3 is 5.97 Å². The van der Waals surface area contributed by atoms with Gasteiger partial charge in [-0.05, 0) is 66.5 Å². The highest BCUT2D eigenvalue weighted by Crippen LogP contribution is 2.40. The molecule has 2 aliphatic rings. The van der Waals surface area contributed by atoms with Gasteiger partial charge in [0.1, 0.15) is 23.4 Å². The van der Waals surface area contributed by atoms with E-state index < -0.39 is 31.7 Å². The van der Waals surface area contributed by atoms with Gasteiger partial charge in [0, 0.05) is 30.4 Å². The zero-order valence-electron chi connectivity index (χ0n) is 21.2. The van der Waals surface area contributed by atoms with Crippen molar-refractivity contribution in [2.75, 3.05) is 25.5 Å². The lowest BCUT2D eigenvalue weighted by Crippen LogP contribution is -2.46. The lowest BCUT2D eigenvalue weighted by molar-refractivity contribution is -0.139. The van der Waals surface area contributed by atoms with Crippen LogP contribution in [0.5, 0.6) is 5.75 Å². The number of nitrogens with zero attached hydrogens (tertiary/aromatic N) is 1. The average Bonchev–Trinajstić information content (AvgIpc) is 2.75. The number of aliphatic carboxylic acids is 1. The van der Waals surface area contributed by atoms with Gasteiger partial charge in [-0.3, -0.25) is 14.5 Å². The van der Waals surface area contributed by atoms with Crippen LogP contribution in [0.4, 0.5) is 14.5 Å². The summed E-state index contributed by atoms with van der Waals surface area (Å²) < 4.78 is 35.0. The molecule has 1 fully saturated rings. The Hall–Kier alpha value is -2.78. The lowest BCUT2D eigenvalue weighted by atomic mass is 9.72. The summed E-state index contributed by atoms with van der Waals surface area (Å²) in [5.74, 6) is -1.18. The summed E-state index contributed by atoms with van der Waals surface area (Å²) in [6.45, 7) is 6.94. The van der Waals surface area contributed by atoms with Crippen molar-refractivity contribution in [3.63, 3.8) is 0 Å². The molecule has 0 unspecified atom stereocenters. The van der Waals surface area contributed by atoms with Gasteiger partial charge in [-0.2, -0.15) is 0 Å². The Balaban J connectivity index is 1.58. The number of anilines is 1. The number of carboxylic acids is 1. The maximum Gasteiger partial charge on any atom is 0.303 e. The topological polar surface area (TPSA) is 78.9 Å². The Kier molecular flexibility index (Phi) is 7.52. The SMILES string of the molecule is COc1ccc2c(c1)CCN(CC1CC(CC(=O)O)C1)[C@H]2C(=O)Nc1cc(F)c([Si](C)(C)C)c(F)c1. The highest BCUT2D eigenvalue weighted by Gasteiger charge is 2.38. The molecule has 1 aliphatic carbocycles. The molecule has 0 radical (unpaired) electrons. The van der Waals surface area contributed by atoms with Crippen molar-refractivity contribution in [1.82, 2.24) is 4.90 Å². The van der Waals surface area contributed by atoms with Gasteiger partial charge in [-0.1, -0.05) is 25.7 Å². The largest absolute Gasteiger partial charge is 0.497 e. The average molecular weight is 517 g/mol. The third-order valence-corrected chi connectivity index (χ3v) is 9.25. The van der Waals surface area contributed by atoms with Crippen molar-refractivity contribution in [2.24, 2.45) is 11.8 Å². The number of carboxylic acid groups (broad SMARTS) is 1. The number of ether oxygens (including phenoxy) is 1. The van der Waals surface area contributed by atoms with Crippen molar-refractivity contribution >= 4 is 30.8 Å². The zero-order valence-corrected chi connectivity index (χ0v) is 22.2. The van der Waals surface area contributed by atoms with Crippen molar-refractivity contribution < 1.29 is 28.2 Å². The number of amides is 1. The zero-order chi connectivity index (χ0) is 26.2. The van der Waals surface area contributed by atoms with Crippen molar-refractivity contribution in [3.8, 4) is 5.75 Å². The van der Waals surface area contributed by atoms with E-state index in [4.69, 9.17) is 9.84 Å². The van der Waals surface area contributed by atoms with Crippen LogP contribution in [0, 0.1) is 23.5 Å². The number of hydrogen-bond acceptors (Lipinski definition) is 4. The number of carbonyl (C=O) groups is 2. The van der Waals surface area contributed by atoms with Gasteiger partial charge in [0.2, 0.25) is 5.91 Å². The number of fused-ring (bicyclic) bond motifs is 1. The second-order valence-corrected chi connectivity index (χ2v) is 16.1. The minimum Gasteiger partial charge on any atom is -0.497 e.